The number of amidine groups is 1. The number of fused-ring (bicyclic) bond motifs is 1. The lowest BCUT2D eigenvalue weighted by Gasteiger charge is -2.34. The van der Waals surface area contributed by atoms with E-state index in [0.717, 1.165) is 24.7 Å². The Bertz CT molecular complexity index is 375. The van der Waals surface area contributed by atoms with Gasteiger partial charge in [-0.2, -0.15) is 0 Å². The van der Waals surface area contributed by atoms with Crippen LogP contribution in [0.1, 0.15) is 19.3 Å². The average molecular weight is 253 g/mol. The van der Waals surface area contributed by atoms with Gasteiger partial charge in [0.15, 0.2) is 5.84 Å². The minimum Gasteiger partial charge on any atom is -0.409 e. The number of nitrogens with zero attached hydrogens (tertiary/aromatic N) is 2. The number of hydrogen-bond donors (Lipinski definition) is 2. The molecule has 0 aromatic heterocycles. The molecule has 18 heavy (non-hydrogen) atoms. The molecule has 2 aliphatic carbocycles. The molecule has 3 unspecified atom stereocenters. The molecule has 1 saturated heterocycles. The number of morpholine rings is 1. The van der Waals surface area contributed by atoms with Gasteiger partial charge in [0.25, 0.3) is 0 Å². The fourth-order valence-corrected chi connectivity index (χ4v) is 3.27. The molecule has 6 heteroatoms. The van der Waals surface area contributed by atoms with E-state index in [0.29, 0.717) is 19.7 Å². The largest absolute Gasteiger partial charge is 0.409 e. The topological polar surface area (TPSA) is 88.2 Å². The van der Waals surface area contributed by atoms with Crippen LogP contribution in [0.5, 0.6) is 0 Å². The van der Waals surface area contributed by atoms with Crippen molar-refractivity contribution in [2.45, 2.75) is 25.4 Å². The molecule has 3 rings (SSSR count). The fourth-order valence-electron chi connectivity index (χ4n) is 3.27. The Morgan fingerprint density at radius 1 is 1.33 bits per heavy atom. The van der Waals surface area contributed by atoms with Gasteiger partial charge in [-0.25, -0.2) is 0 Å². The van der Waals surface area contributed by atoms with Crippen LogP contribution in [0.4, 0.5) is 0 Å². The predicted octanol–water partition coefficient (Wildman–Crippen LogP) is 0.00630. The second-order valence-electron chi connectivity index (χ2n) is 5.59. The summed E-state index contributed by atoms with van der Waals surface area (Å²) in [6, 6.07) is 0. The van der Waals surface area contributed by atoms with Gasteiger partial charge in [0.2, 0.25) is 5.91 Å². The highest BCUT2D eigenvalue weighted by Gasteiger charge is 2.49. The molecule has 0 aromatic carbocycles. The van der Waals surface area contributed by atoms with Gasteiger partial charge in [-0.3, -0.25) is 4.79 Å². The number of oxime groups is 1. The summed E-state index contributed by atoms with van der Waals surface area (Å²) in [7, 11) is 0. The van der Waals surface area contributed by atoms with Crippen molar-refractivity contribution in [2.24, 2.45) is 28.6 Å². The summed E-state index contributed by atoms with van der Waals surface area (Å²) in [5.74, 6) is 2.07. The van der Waals surface area contributed by atoms with E-state index in [2.05, 4.69) is 5.16 Å². The van der Waals surface area contributed by atoms with E-state index in [-0.39, 0.29) is 17.7 Å². The van der Waals surface area contributed by atoms with Crippen molar-refractivity contribution in [3.8, 4) is 0 Å². The molecule has 100 valence electrons. The smallest absolute Gasteiger partial charge is 0.225 e. The summed E-state index contributed by atoms with van der Waals surface area (Å²) < 4.78 is 5.39. The van der Waals surface area contributed by atoms with Crippen molar-refractivity contribution in [2.75, 3.05) is 19.7 Å². The van der Waals surface area contributed by atoms with Crippen molar-refractivity contribution in [3.05, 3.63) is 0 Å². The maximum Gasteiger partial charge on any atom is 0.225 e. The van der Waals surface area contributed by atoms with Crippen LogP contribution in [0.15, 0.2) is 5.16 Å². The number of nitrogens with two attached hydrogens (primary N) is 1. The Kier molecular flexibility index (Phi) is 2.89. The average Bonchev–Trinajstić information content (AvgIpc) is 3.03. The van der Waals surface area contributed by atoms with E-state index in [1.54, 1.807) is 0 Å². The highest BCUT2D eigenvalue weighted by atomic mass is 16.5. The molecule has 0 radical (unpaired) electrons. The highest BCUT2D eigenvalue weighted by molar-refractivity contribution is 5.86. The van der Waals surface area contributed by atoms with Crippen molar-refractivity contribution in [1.82, 2.24) is 4.90 Å². The number of carbonyl (C=O) groups is 1. The van der Waals surface area contributed by atoms with Gasteiger partial charge in [-0.1, -0.05) is 5.16 Å². The second-order valence-corrected chi connectivity index (χ2v) is 5.59. The van der Waals surface area contributed by atoms with E-state index < -0.39 is 6.10 Å². The lowest BCUT2D eigenvalue weighted by molar-refractivity contribution is -0.141. The van der Waals surface area contributed by atoms with Gasteiger partial charge in [0.1, 0.15) is 6.10 Å². The van der Waals surface area contributed by atoms with E-state index in [1.807, 2.05) is 4.90 Å². The van der Waals surface area contributed by atoms with Crippen LogP contribution < -0.4 is 5.73 Å². The van der Waals surface area contributed by atoms with Crippen LogP contribution in [-0.4, -0.2) is 47.7 Å². The Balaban J connectivity index is 1.59. The Morgan fingerprint density at radius 3 is 2.72 bits per heavy atom. The molecule has 1 amide bonds. The lowest BCUT2D eigenvalue weighted by atomic mass is 10.0. The number of amides is 1. The van der Waals surface area contributed by atoms with Gasteiger partial charge < -0.3 is 20.6 Å². The SMILES string of the molecule is NC(=NO)C1CN(C(=O)C2CC3CC3C2)CCO1. The third kappa shape index (κ3) is 2.05. The third-order valence-electron chi connectivity index (χ3n) is 4.42. The third-order valence-corrected chi connectivity index (χ3v) is 4.42. The van der Waals surface area contributed by atoms with Crippen LogP contribution >= 0.6 is 0 Å². The Labute approximate surface area is 106 Å². The first-order chi connectivity index (χ1) is 8.69. The second kappa shape index (κ2) is 4.42. The lowest BCUT2D eigenvalue weighted by Crippen LogP contribution is -2.51. The maximum atomic E-state index is 12.4. The van der Waals surface area contributed by atoms with Gasteiger partial charge in [-0.05, 0) is 31.1 Å². The molecule has 0 aromatic rings. The summed E-state index contributed by atoms with van der Waals surface area (Å²) in [5.41, 5.74) is 5.53. The van der Waals surface area contributed by atoms with Crippen molar-refractivity contribution >= 4 is 11.7 Å². The molecule has 3 aliphatic rings. The number of rotatable bonds is 2. The van der Waals surface area contributed by atoms with Gasteiger partial charge in [-0.15, -0.1) is 0 Å². The zero-order valence-corrected chi connectivity index (χ0v) is 10.3. The van der Waals surface area contributed by atoms with Crippen LogP contribution in [0.3, 0.4) is 0 Å². The molecule has 3 fully saturated rings. The Morgan fingerprint density at radius 2 is 2.06 bits per heavy atom. The van der Waals surface area contributed by atoms with E-state index in [9.17, 15) is 4.79 Å². The summed E-state index contributed by atoms with van der Waals surface area (Å²) >= 11 is 0. The summed E-state index contributed by atoms with van der Waals surface area (Å²) in [6.45, 7) is 1.46. The standard InChI is InChI=1S/C12H19N3O3/c13-11(14-17)10-6-15(1-2-18-10)12(16)9-4-7-3-8(7)5-9/h7-10,17H,1-6H2,(H2,13,14). The summed E-state index contributed by atoms with van der Waals surface area (Å²) in [5, 5.41) is 11.6. The van der Waals surface area contributed by atoms with Crippen LogP contribution in [0.25, 0.3) is 0 Å². The molecule has 2 saturated carbocycles. The number of ether oxygens (including phenoxy) is 1. The minimum absolute atomic E-state index is 0.0433. The molecule has 3 N–H and O–H groups in total. The predicted molar refractivity (Wildman–Crippen MR) is 64.0 cm³/mol. The van der Waals surface area contributed by atoms with Crippen LogP contribution in [0.2, 0.25) is 0 Å². The molecule has 1 heterocycles. The summed E-state index contributed by atoms with van der Waals surface area (Å²) in [6.07, 6.45) is 2.95. The first-order valence-electron chi connectivity index (χ1n) is 6.57. The zero-order valence-electron chi connectivity index (χ0n) is 10.3. The summed E-state index contributed by atoms with van der Waals surface area (Å²) in [4.78, 5) is 14.2. The van der Waals surface area contributed by atoms with Gasteiger partial charge in [0.05, 0.1) is 13.2 Å². The molecule has 1 aliphatic heterocycles. The molecule has 6 nitrogen and oxygen atoms in total. The minimum atomic E-state index is -0.469. The van der Waals surface area contributed by atoms with Crippen LogP contribution in [-0.2, 0) is 9.53 Å². The first kappa shape index (κ1) is 11.8. The van der Waals surface area contributed by atoms with Crippen molar-refractivity contribution < 1.29 is 14.7 Å². The van der Waals surface area contributed by atoms with Gasteiger partial charge >= 0.3 is 0 Å². The Hall–Kier alpha value is -1.30. The first-order valence-corrected chi connectivity index (χ1v) is 6.57. The molecule has 0 spiro atoms. The normalized spacial score (nSPS) is 39.6. The zero-order chi connectivity index (χ0) is 12.7. The molecule has 0 bridgehead atoms. The van der Waals surface area contributed by atoms with Crippen molar-refractivity contribution in [1.29, 1.82) is 0 Å². The molecular weight excluding hydrogens is 234 g/mol. The fraction of sp³-hybridized carbons (Fsp3) is 0.833. The maximum absolute atomic E-state index is 12.4. The van der Waals surface area contributed by atoms with E-state index in [1.165, 1.54) is 6.42 Å². The monoisotopic (exact) mass is 253 g/mol. The quantitative estimate of drug-likeness (QED) is 0.314. The number of carbonyl (C=O) groups excluding carboxylic acids is 1. The van der Waals surface area contributed by atoms with E-state index >= 15 is 0 Å². The van der Waals surface area contributed by atoms with Gasteiger partial charge in [0, 0.05) is 12.5 Å². The van der Waals surface area contributed by atoms with Crippen LogP contribution in [0, 0.1) is 17.8 Å². The number of hydrogen-bond acceptors (Lipinski definition) is 4. The molecule has 3 atom stereocenters. The van der Waals surface area contributed by atoms with E-state index in [4.69, 9.17) is 15.7 Å². The highest BCUT2D eigenvalue weighted by Crippen LogP contribution is 2.54. The molecular formula is C12H19N3O3. The van der Waals surface area contributed by atoms with Crippen molar-refractivity contribution in [3.63, 3.8) is 0 Å².